The average Bonchev–Trinajstić information content (AvgIpc) is 3.82. The van der Waals surface area contributed by atoms with Crippen LogP contribution in [0.25, 0.3) is 0 Å². The first kappa shape index (κ1) is 48.5. The van der Waals surface area contributed by atoms with Crippen LogP contribution in [0.2, 0.25) is 54.4 Å². The Bertz CT molecular complexity index is 1620. The first-order chi connectivity index (χ1) is 25.1. The fourth-order valence-corrected chi connectivity index (χ4v) is 8.74. The third-order valence-corrected chi connectivity index (χ3v) is 25.4. The van der Waals surface area contributed by atoms with Gasteiger partial charge >= 0.3 is 5.92 Å². The Hall–Kier alpha value is -1.86. The van der Waals surface area contributed by atoms with Crippen molar-refractivity contribution in [1.29, 1.82) is 0 Å². The molecule has 4 heterocycles. The Labute approximate surface area is 334 Å². The summed E-state index contributed by atoms with van der Waals surface area (Å²) in [7, 11) is -6.51. The molecule has 0 aliphatic carbocycles. The minimum absolute atomic E-state index is 0.00645. The summed E-state index contributed by atoms with van der Waals surface area (Å²) in [4.78, 5) is 19.7. The van der Waals surface area contributed by atoms with Gasteiger partial charge in [0.05, 0.1) is 13.2 Å². The van der Waals surface area contributed by atoms with Gasteiger partial charge in [0, 0.05) is 13.8 Å². The normalized spacial score (nSPS) is 27.0. The quantitative estimate of drug-likeness (QED) is 0.163. The molecule has 15 nitrogen and oxygen atoms in total. The monoisotopic (exact) mass is 850 g/mol. The lowest BCUT2D eigenvalue weighted by molar-refractivity contribution is -0.0603. The predicted molar refractivity (Wildman–Crippen MR) is 214 cm³/mol. The Morgan fingerprint density at radius 1 is 0.732 bits per heavy atom. The molecule has 322 valence electrons. The number of aliphatic hydroxyl groups excluding tert-OH is 3. The van der Waals surface area contributed by atoms with Gasteiger partial charge < -0.3 is 38.1 Å². The maximum atomic E-state index is 12.9. The second-order valence-electron chi connectivity index (χ2n) is 19.6. The van der Waals surface area contributed by atoms with Crippen molar-refractivity contribution in [2.75, 3.05) is 13.2 Å². The predicted octanol–water partition coefficient (Wildman–Crippen LogP) is 6.18. The van der Waals surface area contributed by atoms with Gasteiger partial charge in [0.25, 0.3) is 0 Å². The van der Waals surface area contributed by atoms with Crippen molar-refractivity contribution in [1.82, 2.24) is 29.5 Å². The van der Waals surface area contributed by atoms with E-state index in [0.717, 1.165) is 11.0 Å². The SMILES string of the molecule is CC(=O)c1ncn([C@@H]2O[C@H](CO[Si](C)(C)C(C)(C)C)C(O[Si](C)(C)C(C)(C)C)[C@@H]2O[Si](C)(C)C(C)(C)C)n1.CC(F)(F)c1ncn([C@@H]2O[C@H](CO)C(O)[C@@H]2O)n1. The van der Waals surface area contributed by atoms with Crippen LogP contribution >= 0.6 is 0 Å². The summed E-state index contributed by atoms with van der Waals surface area (Å²) >= 11 is 0. The molecule has 3 N–H and O–H groups in total. The van der Waals surface area contributed by atoms with Crippen LogP contribution in [-0.2, 0) is 28.7 Å². The summed E-state index contributed by atoms with van der Waals surface area (Å²) in [5.74, 6) is -3.93. The maximum Gasteiger partial charge on any atom is 0.305 e. The van der Waals surface area contributed by atoms with Crippen molar-refractivity contribution in [3.05, 3.63) is 24.3 Å². The smallest absolute Gasteiger partial charge is 0.305 e. The number of ketones is 1. The number of Topliss-reactive ketones (excluding diaryl/α,β-unsaturated/α-hetero) is 1. The molecule has 0 spiro atoms. The molecule has 2 saturated heterocycles. The van der Waals surface area contributed by atoms with E-state index in [4.69, 9.17) is 27.9 Å². The van der Waals surface area contributed by atoms with Crippen LogP contribution in [0, 0.1) is 0 Å². The highest BCUT2D eigenvalue weighted by atomic mass is 28.4. The van der Waals surface area contributed by atoms with E-state index in [0.29, 0.717) is 13.5 Å². The van der Waals surface area contributed by atoms with E-state index in [2.05, 4.69) is 122 Å². The molecule has 2 aliphatic rings. The molecule has 0 saturated carbocycles. The van der Waals surface area contributed by atoms with Gasteiger partial charge in [-0.1, -0.05) is 62.3 Å². The van der Waals surface area contributed by atoms with Gasteiger partial charge in [-0.2, -0.15) is 8.78 Å². The van der Waals surface area contributed by atoms with Crippen LogP contribution < -0.4 is 0 Å². The van der Waals surface area contributed by atoms with Crippen LogP contribution in [-0.4, -0.2) is 125 Å². The van der Waals surface area contributed by atoms with E-state index in [9.17, 15) is 23.8 Å². The fourth-order valence-electron chi connectivity index (χ4n) is 5.12. The van der Waals surface area contributed by atoms with Gasteiger partial charge in [0.15, 0.2) is 43.2 Å². The van der Waals surface area contributed by atoms with Gasteiger partial charge in [0.2, 0.25) is 11.6 Å². The number of nitrogens with zero attached hydrogens (tertiary/aromatic N) is 6. The van der Waals surface area contributed by atoms with E-state index in [1.165, 1.54) is 6.92 Å². The number of ether oxygens (including phenoxy) is 2. The van der Waals surface area contributed by atoms with Gasteiger partial charge in [-0.05, 0) is 54.4 Å². The van der Waals surface area contributed by atoms with Crippen molar-refractivity contribution in [3.63, 3.8) is 0 Å². The molecule has 2 fully saturated rings. The molecule has 0 amide bonds. The lowest BCUT2D eigenvalue weighted by Gasteiger charge is -2.44. The minimum Gasteiger partial charge on any atom is -0.414 e. The van der Waals surface area contributed by atoms with Gasteiger partial charge in [-0.15, -0.1) is 10.2 Å². The molecule has 2 aromatic rings. The number of carbonyl (C=O) groups excluding carboxylic acids is 1. The molecular weight excluding hydrogens is 783 g/mol. The van der Waals surface area contributed by atoms with E-state index in [-0.39, 0.29) is 38.9 Å². The molecule has 20 heteroatoms. The van der Waals surface area contributed by atoms with Crippen LogP contribution in [0.5, 0.6) is 0 Å². The van der Waals surface area contributed by atoms with E-state index >= 15 is 0 Å². The molecule has 2 unspecified atom stereocenters. The number of hydrogen-bond acceptors (Lipinski definition) is 13. The summed E-state index contributed by atoms with van der Waals surface area (Å²) < 4.78 is 61.2. The van der Waals surface area contributed by atoms with Crippen molar-refractivity contribution < 1.29 is 51.6 Å². The molecule has 0 bridgehead atoms. The summed E-state index contributed by atoms with van der Waals surface area (Å²) in [5.41, 5.74) is 0. The van der Waals surface area contributed by atoms with Gasteiger partial charge in [0.1, 0.15) is 49.3 Å². The molecule has 0 aromatic carbocycles. The summed E-state index contributed by atoms with van der Waals surface area (Å²) in [6.45, 7) is 35.7. The number of carbonyl (C=O) groups is 1. The number of alkyl halides is 2. The Balaban J connectivity index is 0.000000387. The van der Waals surface area contributed by atoms with Crippen LogP contribution in [0.1, 0.15) is 105 Å². The number of aromatic nitrogens is 6. The Morgan fingerprint density at radius 2 is 1.20 bits per heavy atom. The van der Waals surface area contributed by atoms with E-state index in [1.54, 1.807) is 11.0 Å². The van der Waals surface area contributed by atoms with Crippen LogP contribution in [0.3, 0.4) is 0 Å². The molecular formula is C36H68F2N6O9Si3. The summed E-state index contributed by atoms with van der Waals surface area (Å²) in [6.07, 6.45) is -3.95. The van der Waals surface area contributed by atoms with Crippen molar-refractivity contribution in [2.24, 2.45) is 0 Å². The first-order valence-corrected chi connectivity index (χ1v) is 27.9. The lowest BCUT2D eigenvalue weighted by atomic mass is 10.1. The molecule has 56 heavy (non-hydrogen) atoms. The second-order valence-corrected chi connectivity index (χ2v) is 33.9. The average molecular weight is 851 g/mol. The summed E-state index contributed by atoms with van der Waals surface area (Å²) in [5, 5.41) is 36.1. The highest BCUT2D eigenvalue weighted by molar-refractivity contribution is 6.75. The second kappa shape index (κ2) is 17.0. The minimum atomic E-state index is -3.20. The van der Waals surface area contributed by atoms with Crippen molar-refractivity contribution in [3.8, 4) is 0 Å². The largest absolute Gasteiger partial charge is 0.414 e. The molecule has 2 aromatic heterocycles. The lowest BCUT2D eigenvalue weighted by Crippen LogP contribution is -2.54. The number of rotatable bonds is 12. The first-order valence-electron chi connectivity index (χ1n) is 19.1. The third kappa shape index (κ3) is 11.0. The highest BCUT2D eigenvalue weighted by Gasteiger charge is 2.55. The van der Waals surface area contributed by atoms with E-state index < -0.39 is 80.2 Å². The molecule has 0 radical (unpaired) electrons. The van der Waals surface area contributed by atoms with Crippen LogP contribution in [0.4, 0.5) is 8.78 Å². The third-order valence-electron chi connectivity index (χ3n) is 11.9. The zero-order chi connectivity index (χ0) is 43.2. The zero-order valence-corrected chi connectivity index (χ0v) is 39.4. The molecule has 2 aliphatic heterocycles. The Morgan fingerprint density at radius 3 is 1.61 bits per heavy atom. The number of aliphatic hydroxyl groups is 3. The fraction of sp³-hybridized carbons (Fsp3) is 0.861. The maximum absolute atomic E-state index is 12.9. The van der Waals surface area contributed by atoms with Gasteiger partial charge in [-0.25, -0.2) is 19.3 Å². The zero-order valence-electron chi connectivity index (χ0n) is 36.4. The summed E-state index contributed by atoms with van der Waals surface area (Å²) in [6, 6.07) is 0. The highest BCUT2D eigenvalue weighted by Crippen LogP contribution is 2.46. The van der Waals surface area contributed by atoms with Crippen molar-refractivity contribution >= 4 is 30.7 Å². The number of hydrogen-bond donors (Lipinski definition) is 3. The Kier molecular flexibility index (Phi) is 14.7. The van der Waals surface area contributed by atoms with Gasteiger partial charge in [-0.3, -0.25) is 4.79 Å². The molecule has 4 rings (SSSR count). The van der Waals surface area contributed by atoms with E-state index in [1.807, 2.05) is 0 Å². The standard InChI is InChI=1S/C27H55N3O5Si3.C9H13F2N3O4/c1-19(31)23-28-18-30(29-23)24-22(35-38(15,16)27(8,9)10)21(34-37(13,14)26(5,6)7)20(33-24)17-32-36(11,12)25(2,3)4;1-9(10,11)8-12-3-14(13-8)7-6(17)5(16)4(2-15)18-7/h18,20-22,24H,17H2,1-16H3;3-7,15-17H,2H2,1H3/t20-,21?,22+,24-;4-,5?,6+,7-/m11/s1. The van der Waals surface area contributed by atoms with Crippen LogP contribution in [0.15, 0.2) is 12.7 Å². The number of halogens is 2. The molecule has 8 atom stereocenters. The topological polar surface area (TPSA) is 185 Å². The van der Waals surface area contributed by atoms with Crippen molar-refractivity contribution in [2.45, 2.75) is 186 Å².